The van der Waals surface area contributed by atoms with E-state index in [4.69, 9.17) is 0 Å². The maximum absolute atomic E-state index is 12.7. The minimum absolute atomic E-state index is 0.473. The fourth-order valence-corrected chi connectivity index (χ4v) is 6.28. The lowest BCUT2D eigenvalue weighted by atomic mass is 10.1. The molecule has 0 radical (unpaired) electrons. The SMILES string of the molecule is O=S(=O)(c1ccc(CN2CCC(Sc3cc4ccncc4cc3Br)CC2)cc1)C(F)(F)F. The molecule has 4 rings (SSSR count). The molecule has 1 fully saturated rings. The second-order valence-corrected chi connectivity index (χ2v) is 11.8. The minimum atomic E-state index is -5.30. The Hall–Kier alpha value is -1.62. The number of aromatic nitrogens is 1. The standard InChI is InChI=1S/C22H20BrF3N2O2S2/c23-20-11-17-13-27-8-5-16(17)12-21(20)31-18-6-9-28(10-7-18)14-15-1-3-19(4-2-15)32(29,30)22(24,25)26/h1-5,8,11-13,18H,6-7,9-10,14H2. The van der Waals surface area contributed by atoms with E-state index in [1.54, 1.807) is 6.20 Å². The van der Waals surface area contributed by atoms with Crippen molar-refractivity contribution < 1.29 is 21.6 Å². The van der Waals surface area contributed by atoms with Crippen LogP contribution in [0.4, 0.5) is 13.2 Å². The van der Waals surface area contributed by atoms with Gasteiger partial charge in [-0.05, 0) is 83.1 Å². The summed E-state index contributed by atoms with van der Waals surface area (Å²) < 4.78 is 62.1. The predicted octanol–water partition coefficient (Wildman–Crippen LogP) is 6.05. The van der Waals surface area contributed by atoms with E-state index >= 15 is 0 Å². The maximum atomic E-state index is 12.7. The number of nitrogens with zero attached hydrogens (tertiary/aromatic N) is 2. The van der Waals surface area contributed by atoms with Gasteiger partial charge in [-0.25, -0.2) is 8.42 Å². The number of alkyl halides is 3. The molecular weight excluding hydrogens is 525 g/mol. The molecule has 0 saturated carbocycles. The Morgan fingerprint density at radius 2 is 1.75 bits per heavy atom. The molecule has 2 aromatic carbocycles. The Morgan fingerprint density at radius 1 is 1.06 bits per heavy atom. The van der Waals surface area contributed by atoms with Crippen LogP contribution in [0.25, 0.3) is 10.8 Å². The Bertz CT molecular complexity index is 1210. The lowest BCUT2D eigenvalue weighted by Gasteiger charge is -2.31. The highest BCUT2D eigenvalue weighted by Crippen LogP contribution is 2.37. The van der Waals surface area contributed by atoms with Crippen molar-refractivity contribution in [3.8, 4) is 0 Å². The highest BCUT2D eigenvalue weighted by atomic mass is 79.9. The average Bonchev–Trinajstić information content (AvgIpc) is 2.75. The van der Waals surface area contributed by atoms with Crippen LogP contribution in [0.15, 0.2) is 69.1 Å². The number of piperidine rings is 1. The first kappa shape index (κ1) is 23.5. The summed E-state index contributed by atoms with van der Waals surface area (Å²) in [5.41, 5.74) is -4.49. The van der Waals surface area contributed by atoms with E-state index in [1.165, 1.54) is 17.0 Å². The van der Waals surface area contributed by atoms with Gasteiger partial charge in [-0.1, -0.05) is 12.1 Å². The van der Waals surface area contributed by atoms with Crippen molar-refractivity contribution in [1.29, 1.82) is 0 Å². The first-order valence-corrected chi connectivity index (χ1v) is 13.1. The summed E-state index contributed by atoms with van der Waals surface area (Å²) >= 11 is 5.51. The lowest BCUT2D eigenvalue weighted by molar-refractivity contribution is -0.0436. The molecule has 0 amide bonds. The molecule has 0 N–H and O–H groups in total. The van der Waals surface area contributed by atoms with E-state index in [0.717, 1.165) is 58.9 Å². The molecule has 170 valence electrons. The number of likely N-dealkylation sites (tertiary alicyclic amines) is 1. The Morgan fingerprint density at radius 3 is 2.41 bits per heavy atom. The van der Waals surface area contributed by atoms with Gasteiger partial charge in [0.05, 0.1) is 4.90 Å². The fourth-order valence-electron chi connectivity index (χ4n) is 3.71. The van der Waals surface area contributed by atoms with Crippen molar-refractivity contribution in [2.75, 3.05) is 13.1 Å². The number of hydrogen-bond donors (Lipinski definition) is 0. The molecule has 3 aromatic rings. The molecule has 0 spiro atoms. The molecule has 1 aliphatic heterocycles. The summed E-state index contributed by atoms with van der Waals surface area (Å²) in [5, 5.41) is 2.72. The van der Waals surface area contributed by atoms with Crippen molar-refractivity contribution in [3.63, 3.8) is 0 Å². The van der Waals surface area contributed by atoms with E-state index < -0.39 is 20.2 Å². The Kier molecular flexibility index (Phi) is 6.86. The molecule has 32 heavy (non-hydrogen) atoms. The van der Waals surface area contributed by atoms with Crippen LogP contribution < -0.4 is 0 Å². The van der Waals surface area contributed by atoms with Crippen molar-refractivity contribution in [2.24, 2.45) is 0 Å². The molecule has 0 atom stereocenters. The highest BCUT2D eigenvalue weighted by Gasteiger charge is 2.46. The molecule has 0 aliphatic carbocycles. The van der Waals surface area contributed by atoms with E-state index in [2.05, 4.69) is 37.9 Å². The second-order valence-electron chi connectivity index (χ2n) is 7.69. The molecule has 0 bridgehead atoms. The van der Waals surface area contributed by atoms with Crippen LogP contribution in [0.2, 0.25) is 0 Å². The lowest BCUT2D eigenvalue weighted by Crippen LogP contribution is -2.34. The molecule has 0 unspecified atom stereocenters. The first-order valence-electron chi connectivity index (χ1n) is 9.96. The number of thioether (sulfide) groups is 1. The number of fused-ring (bicyclic) bond motifs is 1. The number of halogens is 4. The van der Waals surface area contributed by atoms with Crippen LogP contribution in [0.1, 0.15) is 18.4 Å². The van der Waals surface area contributed by atoms with Gasteiger partial charge in [0, 0.05) is 38.9 Å². The molecule has 1 saturated heterocycles. The quantitative estimate of drug-likeness (QED) is 0.391. The minimum Gasteiger partial charge on any atom is -0.299 e. The average molecular weight is 545 g/mol. The zero-order valence-corrected chi connectivity index (χ0v) is 20.1. The number of benzene rings is 2. The van der Waals surface area contributed by atoms with Crippen LogP contribution in [0.3, 0.4) is 0 Å². The van der Waals surface area contributed by atoms with Crippen LogP contribution >= 0.6 is 27.7 Å². The van der Waals surface area contributed by atoms with Crippen LogP contribution in [-0.2, 0) is 16.4 Å². The highest BCUT2D eigenvalue weighted by molar-refractivity contribution is 9.10. The summed E-state index contributed by atoms with van der Waals surface area (Å²) in [6.45, 7) is 2.32. The van der Waals surface area contributed by atoms with E-state index in [1.807, 2.05) is 24.0 Å². The van der Waals surface area contributed by atoms with Crippen molar-refractivity contribution in [2.45, 2.75) is 39.9 Å². The fraction of sp³-hybridized carbons (Fsp3) is 0.318. The second kappa shape index (κ2) is 9.32. The van der Waals surface area contributed by atoms with Gasteiger partial charge < -0.3 is 0 Å². The zero-order valence-electron chi connectivity index (χ0n) is 16.8. The van der Waals surface area contributed by atoms with Gasteiger partial charge in [0.15, 0.2) is 0 Å². The van der Waals surface area contributed by atoms with Crippen LogP contribution in [0.5, 0.6) is 0 Å². The van der Waals surface area contributed by atoms with Gasteiger partial charge in [-0.2, -0.15) is 13.2 Å². The maximum Gasteiger partial charge on any atom is 0.501 e. The number of pyridine rings is 1. The molecule has 4 nitrogen and oxygen atoms in total. The predicted molar refractivity (Wildman–Crippen MR) is 123 cm³/mol. The third-order valence-corrected chi connectivity index (χ3v) is 9.28. The third kappa shape index (κ3) is 5.13. The van der Waals surface area contributed by atoms with Crippen molar-refractivity contribution in [3.05, 3.63) is 64.9 Å². The van der Waals surface area contributed by atoms with Gasteiger partial charge in [-0.15, -0.1) is 11.8 Å². The molecule has 10 heteroatoms. The largest absolute Gasteiger partial charge is 0.501 e. The number of rotatable bonds is 5. The van der Waals surface area contributed by atoms with Crippen molar-refractivity contribution in [1.82, 2.24) is 9.88 Å². The smallest absolute Gasteiger partial charge is 0.299 e. The van der Waals surface area contributed by atoms with Crippen LogP contribution in [0, 0.1) is 0 Å². The monoisotopic (exact) mass is 544 g/mol. The van der Waals surface area contributed by atoms with Crippen LogP contribution in [-0.4, -0.2) is 42.1 Å². The summed E-state index contributed by atoms with van der Waals surface area (Å²) in [6, 6.07) is 11.2. The first-order chi connectivity index (χ1) is 15.1. The Balaban J connectivity index is 1.34. The molecule has 2 heterocycles. The van der Waals surface area contributed by atoms with Gasteiger partial charge in [0.2, 0.25) is 0 Å². The van der Waals surface area contributed by atoms with E-state index in [-0.39, 0.29) is 0 Å². The third-order valence-electron chi connectivity index (χ3n) is 5.46. The number of sulfone groups is 1. The van der Waals surface area contributed by atoms with E-state index in [0.29, 0.717) is 11.8 Å². The summed E-state index contributed by atoms with van der Waals surface area (Å²) in [4.78, 5) is 6.87. The molecule has 1 aliphatic rings. The van der Waals surface area contributed by atoms with Gasteiger partial charge in [0.1, 0.15) is 0 Å². The zero-order chi connectivity index (χ0) is 22.9. The summed E-state index contributed by atoms with van der Waals surface area (Å²) in [6.07, 6.45) is 5.62. The Labute approximate surface area is 197 Å². The summed E-state index contributed by atoms with van der Waals surface area (Å²) in [5.74, 6) is 0. The number of hydrogen-bond acceptors (Lipinski definition) is 5. The van der Waals surface area contributed by atoms with Gasteiger partial charge in [-0.3, -0.25) is 9.88 Å². The normalized spacial score (nSPS) is 16.5. The van der Waals surface area contributed by atoms with Gasteiger partial charge >= 0.3 is 5.51 Å². The van der Waals surface area contributed by atoms with E-state index in [9.17, 15) is 21.6 Å². The van der Waals surface area contributed by atoms with Crippen molar-refractivity contribution >= 4 is 48.3 Å². The van der Waals surface area contributed by atoms with Gasteiger partial charge in [0.25, 0.3) is 9.84 Å². The topological polar surface area (TPSA) is 50.3 Å². The molecule has 1 aromatic heterocycles. The molecular formula is C22H20BrF3N2O2S2. The summed E-state index contributed by atoms with van der Waals surface area (Å²) in [7, 11) is -5.30.